The molecule has 0 aliphatic carbocycles. The Morgan fingerprint density at radius 3 is 2.10 bits per heavy atom. The van der Waals surface area contributed by atoms with Crippen molar-refractivity contribution in [3.05, 3.63) is 23.8 Å². The van der Waals surface area contributed by atoms with E-state index in [4.69, 9.17) is 4.74 Å². The molecule has 0 heterocycles. The SMILES string of the molecule is COc1ccc(C=O)cc1N(C(C)C(=O)O)C(C)C(=O)O. The maximum atomic E-state index is 11.3. The number of nitrogens with zero attached hydrogens (tertiary/aromatic N) is 1. The second kappa shape index (κ2) is 6.74. The standard InChI is InChI=1S/C14H17NO6/c1-8(13(17)18)15(9(2)14(19)20)11-6-10(7-16)4-5-12(11)21-3/h4-9H,1-3H3,(H,17,18)(H,19,20). The molecule has 1 aromatic rings. The number of aliphatic carboxylic acids is 2. The van der Waals surface area contributed by atoms with Crippen molar-refractivity contribution in [2.24, 2.45) is 0 Å². The van der Waals surface area contributed by atoms with Gasteiger partial charge in [0.15, 0.2) is 0 Å². The van der Waals surface area contributed by atoms with Gasteiger partial charge in [0.25, 0.3) is 0 Å². The van der Waals surface area contributed by atoms with Gasteiger partial charge in [-0.1, -0.05) is 0 Å². The van der Waals surface area contributed by atoms with Crippen molar-refractivity contribution in [1.29, 1.82) is 0 Å². The van der Waals surface area contributed by atoms with Crippen molar-refractivity contribution in [3.63, 3.8) is 0 Å². The molecule has 114 valence electrons. The summed E-state index contributed by atoms with van der Waals surface area (Å²) in [5.74, 6) is -2.06. The van der Waals surface area contributed by atoms with Crippen molar-refractivity contribution < 1.29 is 29.3 Å². The van der Waals surface area contributed by atoms with Gasteiger partial charge in [0, 0.05) is 5.56 Å². The van der Waals surface area contributed by atoms with Crippen LogP contribution in [0.4, 0.5) is 5.69 Å². The molecule has 7 nitrogen and oxygen atoms in total. The van der Waals surface area contributed by atoms with Crippen LogP contribution < -0.4 is 9.64 Å². The van der Waals surface area contributed by atoms with Gasteiger partial charge in [-0.25, -0.2) is 9.59 Å². The third kappa shape index (κ3) is 3.50. The fourth-order valence-electron chi connectivity index (χ4n) is 1.97. The molecule has 0 amide bonds. The number of benzene rings is 1. The first-order valence-corrected chi connectivity index (χ1v) is 6.20. The zero-order valence-corrected chi connectivity index (χ0v) is 11.9. The normalized spacial score (nSPS) is 13.1. The van der Waals surface area contributed by atoms with E-state index in [-0.39, 0.29) is 5.69 Å². The van der Waals surface area contributed by atoms with Gasteiger partial charge < -0.3 is 19.8 Å². The summed E-state index contributed by atoms with van der Waals surface area (Å²) in [5.41, 5.74) is 0.540. The Kier molecular flexibility index (Phi) is 5.29. The molecular weight excluding hydrogens is 278 g/mol. The lowest BCUT2D eigenvalue weighted by Gasteiger charge is -2.33. The molecule has 0 saturated carbocycles. The number of hydrogen-bond acceptors (Lipinski definition) is 5. The molecule has 0 radical (unpaired) electrons. The number of carbonyl (C=O) groups excluding carboxylic acids is 1. The lowest BCUT2D eigenvalue weighted by atomic mass is 10.1. The lowest BCUT2D eigenvalue weighted by molar-refractivity contribution is -0.140. The molecule has 2 N–H and O–H groups in total. The van der Waals surface area contributed by atoms with Gasteiger partial charge in [0.2, 0.25) is 0 Å². The summed E-state index contributed by atoms with van der Waals surface area (Å²) in [7, 11) is 1.38. The topological polar surface area (TPSA) is 104 Å². The molecule has 7 heteroatoms. The molecule has 0 spiro atoms. The van der Waals surface area contributed by atoms with Gasteiger partial charge in [0.05, 0.1) is 12.8 Å². The molecule has 0 aliphatic heterocycles. The van der Waals surface area contributed by atoms with Crippen LogP contribution in [0.15, 0.2) is 18.2 Å². The molecule has 1 aromatic carbocycles. The molecule has 0 fully saturated rings. The predicted octanol–water partition coefficient (Wildman–Crippen LogP) is 1.26. The quantitative estimate of drug-likeness (QED) is 0.730. The maximum Gasteiger partial charge on any atom is 0.326 e. The molecule has 0 aromatic heterocycles. The number of anilines is 1. The molecule has 0 aliphatic rings. The Bertz CT molecular complexity index is 536. The highest BCUT2D eigenvalue weighted by molar-refractivity contribution is 5.87. The summed E-state index contributed by atoms with van der Waals surface area (Å²) in [6.07, 6.45) is 0.595. The Morgan fingerprint density at radius 1 is 1.19 bits per heavy atom. The molecular formula is C14H17NO6. The molecule has 0 saturated heterocycles. The van der Waals surface area contributed by atoms with Gasteiger partial charge in [-0.2, -0.15) is 0 Å². The van der Waals surface area contributed by atoms with Crippen molar-refractivity contribution in [2.45, 2.75) is 25.9 Å². The summed E-state index contributed by atoms with van der Waals surface area (Å²) in [5, 5.41) is 18.4. The number of hydrogen-bond donors (Lipinski definition) is 2. The van der Waals surface area contributed by atoms with E-state index in [1.165, 1.54) is 44.1 Å². The Morgan fingerprint density at radius 2 is 1.71 bits per heavy atom. The van der Waals surface area contributed by atoms with Crippen molar-refractivity contribution >= 4 is 23.9 Å². The predicted molar refractivity (Wildman–Crippen MR) is 75.1 cm³/mol. The third-order valence-electron chi connectivity index (χ3n) is 3.17. The highest BCUT2D eigenvalue weighted by Gasteiger charge is 2.31. The first-order valence-electron chi connectivity index (χ1n) is 6.20. The smallest absolute Gasteiger partial charge is 0.326 e. The molecule has 0 bridgehead atoms. The zero-order valence-electron chi connectivity index (χ0n) is 11.9. The number of aldehydes is 1. The minimum Gasteiger partial charge on any atom is -0.495 e. The molecule has 2 atom stereocenters. The highest BCUT2D eigenvalue weighted by atomic mass is 16.5. The van der Waals surface area contributed by atoms with Crippen LogP contribution in [0.3, 0.4) is 0 Å². The van der Waals surface area contributed by atoms with Crippen molar-refractivity contribution in [1.82, 2.24) is 0 Å². The van der Waals surface area contributed by atoms with Crippen LogP contribution in [0, 0.1) is 0 Å². The summed E-state index contributed by atoms with van der Waals surface area (Å²) in [4.78, 5) is 34.6. The van der Waals surface area contributed by atoms with E-state index in [0.717, 1.165) is 0 Å². The molecule has 2 unspecified atom stereocenters. The fourth-order valence-corrected chi connectivity index (χ4v) is 1.97. The van der Waals surface area contributed by atoms with Crippen LogP contribution in [0.1, 0.15) is 24.2 Å². The first kappa shape index (κ1) is 16.5. The summed E-state index contributed by atoms with van der Waals surface area (Å²) in [6, 6.07) is 2.20. The molecule has 1 rings (SSSR count). The second-order valence-electron chi connectivity index (χ2n) is 4.48. The number of ether oxygens (including phenoxy) is 1. The van der Waals surface area contributed by atoms with E-state index >= 15 is 0 Å². The van der Waals surface area contributed by atoms with E-state index in [1.54, 1.807) is 0 Å². The molecule has 21 heavy (non-hydrogen) atoms. The van der Waals surface area contributed by atoms with Gasteiger partial charge in [0.1, 0.15) is 24.1 Å². The monoisotopic (exact) mass is 295 g/mol. The average molecular weight is 295 g/mol. The summed E-state index contributed by atoms with van der Waals surface area (Å²) >= 11 is 0. The Labute approximate surface area is 121 Å². The number of methoxy groups -OCH3 is 1. The minimum absolute atomic E-state index is 0.243. The van der Waals surface area contributed by atoms with Crippen LogP contribution >= 0.6 is 0 Å². The number of carboxylic acid groups (broad SMARTS) is 2. The van der Waals surface area contributed by atoms with E-state index in [0.29, 0.717) is 17.6 Å². The van der Waals surface area contributed by atoms with E-state index in [2.05, 4.69) is 0 Å². The summed E-state index contributed by atoms with van der Waals surface area (Å²) in [6.45, 7) is 2.74. The zero-order chi connectivity index (χ0) is 16.2. The fraction of sp³-hybridized carbons (Fsp3) is 0.357. The second-order valence-corrected chi connectivity index (χ2v) is 4.48. The van der Waals surface area contributed by atoms with Crippen LogP contribution in [0.25, 0.3) is 0 Å². The van der Waals surface area contributed by atoms with E-state index in [9.17, 15) is 24.6 Å². The van der Waals surface area contributed by atoms with Crippen molar-refractivity contribution in [3.8, 4) is 5.75 Å². The van der Waals surface area contributed by atoms with E-state index in [1.807, 2.05) is 0 Å². The Hall–Kier alpha value is -2.57. The van der Waals surface area contributed by atoms with E-state index < -0.39 is 24.0 Å². The maximum absolute atomic E-state index is 11.3. The van der Waals surface area contributed by atoms with Crippen LogP contribution in [-0.4, -0.2) is 47.6 Å². The van der Waals surface area contributed by atoms with Gasteiger partial charge in [-0.3, -0.25) is 4.79 Å². The van der Waals surface area contributed by atoms with Gasteiger partial charge >= 0.3 is 11.9 Å². The Balaban J connectivity index is 3.46. The van der Waals surface area contributed by atoms with Crippen LogP contribution in [-0.2, 0) is 9.59 Å². The van der Waals surface area contributed by atoms with Crippen molar-refractivity contribution in [2.75, 3.05) is 12.0 Å². The summed E-state index contributed by atoms with van der Waals surface area (Å²) < 4.78 is 5.14. The average Bonchev–Trinajstić information content (AvgIpc) is 2.46. The number of rotatable bonds is 7. The third-order valence-corrected chi connectivity index (χ3v) is 3.17. The lowest BCUT2D eigenvalue weighted by Crippen LogP contribution is -2.48. The number of carbonyl (C=O) groups is 3. The first-order chi connectivity index (χ1) is 9.83. The number of carboxylic acids is 2. The van der Waals surface area contributed by atoms with Gasteiger partial charge in [-0.15, -0.1) is 0 Å². The largest absolute Gasteiger partial charge is 0.495 e. The minimum atomic E-state index is -1.18. The van der Waals surface area contributed by atoms with Crippen LogP contribution in [0.2, 0.25) is 0 Å². The highest BCUT2D eigenvalue weighted by Crippen LogP contribution is 2.32. The van der Waals surface area contributed by atoms with Crippen LogP contribution in [0.5, 0.6) is 5.75 Å². The van der Waals surface area contributed by atoms with Gasteiger partial charge in [-0.05, 0) is 32.0 Å².